The Labute approximate surface area is 82.8 Å². The standard InChI is InChI=1S/C9H15N3O2/c1-2-14-9(13)8(11)6-3-4-12-5-7(6)10/h11-12H,2-5,10H2,1H3. The van der Waals surface area contributed by atoms with Gasteiger partial charge < -0.3 is 15.8 Å². The van der Waals surface area contributed by atoms with Crippen molar-refractivity contribution in [3.63, 3.8) is 0 Å². The molecule has 0 aromatic heterocycles. The Bertz CT molecular complexity index is 284. The van der Waals surface area contributed by atoms with Gasteiger partial charge in [0, 0.05) is 17.8 Å². The topological polar surface area (TPSA) is 88.2 Å². The van der Waals surface area contributed by atoms with Gasteiger partial charge in [-0.2, -0.15) is 0 Å². The van der Waals surface area contributed by atoms with Crippen LogP contribution in [0.25, 0.3) is 0 Å². The van der Waals surface area contributed by atoms with Gasteiger partial charge in [-0.15, -0.1) is 0 Å². The molecule has 0 saturated carbocycles. The number of ether oxygens (including phenoxy) is 1. The molecule has 1 aliphatic rings. The number of rotatable bonds is 3. The summed E-state index contributed by atoms with van der Waals surface area (Å²) in [6.45, 7) is 3.28. The molecule has 78 valence electrons. The zero-order chi connectivity index (χ0) is 10.6. The van der Waals surface area contributed by atoms with Gasteiger partial charge in [0.25, 0.3) is 0 Å². The van der Waals surface area contributed by atoms with E-state index in [4.69, 9.17) is 15.9 Å². The van der Waals surface area contributed by atoms with E-state index < -0.39 is 5.97 Å². The van der Waals surface area contributed by atoms with Crippen LogP contribution in [0, 0.1) is 5.41 Å². The highest BCUT2D eigenvalue weighted by Crippen LogP contribution is 2.10. The van der Waals surface area contributed by atoms with Crippen LogP contribution >= 0.6 is 0 Å². The van der Waals surface area contributed by atoms with Crippen LogP contribution in [0.2, 0.25) is 0 Å². The molecule has 0 unspecified atom stereocenters. The molecular formula is C9H15N3O2. The minimum absolute atomic E-state index is 0.106. The third-order valence-corrected chi connectivity index (χ3v) is 2.04. The summed E-state index contributed by atoms with van der Waals surface area (Å²) in [6, 6.07) is 0. The molecule has 0 bridgehead atoms. The monoisotopic (exact) mass is 197 g/mol. The molecule has 1 aliphatic heterocycles. The molecule has 0 atom stereocenters. The normalized spacial score (nSPS) is 16.6. The van der Waals surface area contributed by atoms with E-state index in [0.29, 0.717) is 24.2 Å². The molecule has 0 radical (unpaired) electrons. The maximum atomic E-state index is 11.2. The highest BCUT2D eigenvalue weighted by Gasteiger charge is 2.20. The molecule has 14 heavy (non-hydrogen) atoms. The van der Waals surface area contributed by atoms with Crippen molar-refractivity contribution >= 4 is 11.7 Å². The van der Waals surface area contributed by atoms with Gasteiger partial charge in [0.15, 0.2) is 0 Å². The highest BCUT2D eigenvalue weighted by atomic mass is 16.5. The molecule has 0 aromatic rings. The van der Waals surface area contributed by atoms with Gasteiger partial charge in [-0.05, 0) is 19.9 Å². The minimum atomic E-state index is -0.590. The minimum Gasteiger partial charge on any atom is -0.461 e. The summed E-state index contributed by atoms with van der Waals surface area (Å²) in [7, 11) is 0. The summed E-state index contributed by atoms with van der Waals surface area (Å²) in [6.07, 6.45) is 0.615. The molecule has 0 spiro atoms. The van der Waals surface area contributed by atoms with Gasteiger partial charge >= 0.3 is 5.97 Å². The second-order valence-electron chi connectivity index (χ2n) is 3.03. The lowest BCUT2D eigenvalue weighted by atomic mass is 10.0. The van der Waals surface area contributed by atoms with Crippen molar-refractivity contribution in [3.05, 3.63) is 11.3 Å². The number of nitrogens with two attached hydrogens (primary N) is 1. The second-order valence-corrected chi connectivity index (χ2v) is 3.03. The van der Waals surface area contributed by atoms with Crippen LogP contribution in [0.3, 0.4) is 0 Å². The smallest absolute Gasteiger partial charge is 0.356 e. The van der Waals surface area contributed by atoms with Crippen molar-refractivity contribution in [1.29, 1.82) is 5.41 Å². The summed E-state index contributed by atoms with van der Waals surface area (Å²) < 4.78 is 4.73. The second kappa shape index (κ2) is 4.76. The maximum absolute atomic E-state index is 11.2. The van der Waals surface area contributed by atoms with E-state index in [1.54, 1.807) is 6.92 Å². The van der Waals surface area contributed by atoms with E-state index in [9.17, 15) is 4.79 Å². The van der Waals surface area contributed by atoms with Gasteiger partial charge in [-0.25, -0.2) is 4.79 Å². The van der Waals surface area contributed by atoms with Crippen LogP contribution in [0.1, 0.15) is 13.3 Å². The Morgan fingerprint density at radius 3 is 3.00 bits per heavy atom. The van der Waals surface area contributed by atoms with Crippen LogP contribution in [0.5, 0.6) is 0 Å². The van der Waals surface area contributed by atoms with Crippen LogP contribution < -0.4 is 11.1 Å². The van der Waals surface area contributed by atoms with Gasteiger partial charge in [-0.1, -0.05) is 0 Å². The number of carbonyl (C=O) groups is 1. The molecule has 0 aromatic carbocycles. The van der Waals surface area contributed by atoms with Crippen LogP contribution in [-0.4, -0.2) is 31.4 Å². The van der Waals surface area contributed by atoms with Gasteiger partial charge in [0.2, 0.25) is 0 Å². The average molecular weight is 197 g/mol. The summed E-state index contributed by atoms with van der Waals surface area (Å²) in [5.74, 6) is -0.590. The first-order chi connectivity index (χ1) is 6.66. The Kier molecular flexibility index (Phi) is 3.64. The van der Waals surface area contributed by atoms with Crippen molar-refractivity contribution in [2.24, 2.45) is 5.73 Å². The molecule has 5 nitrogen and oxygen atoms in total. The van der Waals surface area contributed by atoms with Gasteiger partial charge in [-0.3, -0.25) is 5.41 Å². The molecular weight excluding hydrogens is 182 g/mol. The maximum Gasteiger partial charge on any atom is 0.356 e. The summed E-state index contributed by atoms with van der Waals surface area (Å²) >= 11 is 0. The van der Waals surface area contributed by atoms with E-state index in [1.165, 1.54) is 0 Å². The summed E-state index contributed by atoms with van der Waals surface area (Å²) in [4.78, 5) is 11.2. The Balaban J connectivity index is 2.72. The lowest BCUT2D eigenvalue weighted by Gasteiger charge is -2.18. The zero-order valence-corrected chi connectivity index (χ0v) is 8.22. The molecule has 4 N–H and O–H groups in total. The fourth-order valence-electron chi connectivity index (χ4n) is 1.32. The van der Waals surface area contributed by atoms with E-state index >= 15 is 0 Å². The molecule has 1 heterocycles. The first-order valence-corrected chi connectivity index (χ1v) is 4.61. The number of carbonyl (C=O) groups excluding carboxylic acids is 1. The average Bonchev–Trinajstić information content (AvgIpc) is 2.18. The molecule has 0 saturated heterocycles. The van der Waals surface area contributed by atoms with Gasteiger partial charge in [0.1, 0.15) is 5.71 Å². The van der Waals surface area contributed by atoms with Crippen molar-refractivity contribution in [3.8, 4) is 0 Å². The number of nitrogens with one attached hydrogen (secondary N) is 2. The van der Waals surface area contributed by atoms with Crippen molar-refractivity contribution in [1.82, 2.24) is 5.32 Å². The number of hydrogen-bond acceptors (Lipinski definition) is 5. The van der Waals surface area contributed by atoms with Crippen LogP contribution in [0.15, 0.2) is 11.3 Å². The lowest BCUT2D eigenvalue weighted by molar-refractivity contribution is -0.135. The summed E-state index contributed by atoms with van der Waals surface area (Å²) in [5.41, 5.74) is 6.75. The van der Waals surface area contributed by atoms with E-state index in [-0.39, 0.29) is 12.3 Å². The molecule has 0 amide bonds. The lowest BCUT2D eigenvalue weighted by Crippen LogP contribution is -2.33. The van der Waals surface area contributed by atoms with Gasteiger partial charge in [0.05, 0.1) is 6.61 Å². The first kappa shape index (κ1) is 10.7. The Morgan fingerprint density at radius 2 is 2.43 bits per heavy atom. The molecule has 5 heteroatoms. The fourth-order valence-corrected chi connectivity index (χ4v) is 1.32. The van der Waals surface area contributed by atoms with Crippen LogP contribution in [-0.2, 0) is 9.53 Å². The van der Waals surface area contributed by atoms with E-state index in [1.807, 2.05) is 0 Å². The summed E-state index contributed by atoms with van der Waals surface area (Å²) in [5, 5.41) is 10.6. The third-order valence-electron chi connectivity index (χ3n) is 2.04. The predicted octanol–water partition coefficient (Wildman–Crippen LogP) is -0.225. The van der Waals surface area contributed by atoms with Crippen molar-refractivity contribution < 1.29 is 9.53 Å². The highest BCUT2D eigenvalue weighted by molar-refractivity contribution is 6.42. The third kappa shape index (κ3) is 2.32. The Morgan fingerprint density at radius 1 is 1.71 bits per heavy atom. The van der Waals surface area contributed by atoms with Crippen molar-refractivity contribution in [2.45, 2.75) is 13.3 Å². The van der Waals surface area contributed by atoms with E-state index in [0.717, 1.165) is 6.54 Å². The van der Waals surface area contributed by atoms with Crippen molar-refractivity contribution in [2.75, 3.05) is 19.7 Å². The first-order valence-electron chi connectivity index (χ1n) is 4.61. The largest absolute Gasteiger partial charge is 0.461 e. The number of esters is 1. The predicted molar refractivity (Wildman–Crippen MR) is 53.1 cm³/mol. The molecule has 1 rings (SSSR count). The Hall–Kier alpha value is -1.36. The zero-order valence-electron chi connectivity index (χ0n) is 8.22. The van der Waals surface area contributed by atoms with E-state index in [2.05, 4.69) is 5.32 Å². The quantitative estimate of drug-likeness (QED) is 0.431. The SMILES string of the molecule is CCOC(=O)C(=N)C1=C(N)CNCC1. The number of hydrogen-bond donors (Lipinski definition) is 3. The molecule has 0 fully saturated rings. The fraction of sp³-hybridized carbons (Fsp3) is 0.556. The molecule has 0 aliphatic carbocycles. The van der Waals surface area contributed by atoms with Crippen LogP contribution in [0.4, 0.5) is 0 Å².